The van der Waals surface area contributed by atoms with Crippen molar-refractivity contribution in [3.63, 3.8) is 0 Å². The Labute approximate surface area is 149 Å². The normalized spacial score (nSPS) is 21.7. The zero-order chi connectivity index (χ0) is 18.6. The quantitative estimate of drug-likeness (QED) is 0.779. The van der Waals surface area contributed by atoms with E-state index in [0.29, 0.717) is 12.8 Å². The van der Waals surface area contributed by atoms with Gasteiger partial charge in [-0.2, -0.15) is 0 Å². The lowest BCUT2D eigenvalue weighted by molar-refractivity contribution is -0.132. The van der Waals surface area contributed by atoms with Crippen molar-refractivity contribution in [1.82, 2.24) is 15.3 Å². The van der Waals surface area contributed by atoms with Crippen LogP contribution in [0.1, 0.15) is 46.5 Å². The van der Waals surface area contributed by atoms with Gasteiger partial charge < -0.3 is 10.5 Å². The Bertz CT molecular complexity index is 501. The number of nitrogens with two attached hydrogens (primary N) is 1. The molecule has 3 amide bonds. The number of amides is 3. The van der Waals surface area contributed by atoms with E-state index in [-0.39, 0.29) is 23.7 Å². The highest BCUT2D eigenvalue weighted by Gasteiger charge is 2.32. The van der Waals surface area contributed by atoms with E-state index >= 15 is 0 Å². The summed E-state index contributed by atoms with van der Waals surface area (Å²) in [5, 5.41) is 6.83. The van der Waals surface area contributed by atoms with Crippen molar-refractivity contribution in [2.45, 2.75) is 52.1 Å². The minimum atomic E-state index is -0.687. The second-order valence-corrected chi connectivity index (χ2v) is 7.85. The third-order valence-corrected chi connectivity index (χ3v) is 4.74. The van der Waals surface area contributed by atoms with Crippen LogP contribution in [-0.2, 0) is 14.3 Å². The van der Waals surface area contributed by atoms with Gasteiger partial charge in [-0.15, -0.1) is 0 Å². The highest BCUT2D eigenvalue weighted by Crippen LogP contribution is 2.23. The number of hydrogen-bond donors (Lipinski definition) is 2. The van der Waals surface area contributed by atoms with Crippen LogP contribution in [0.3, 0.4) is 0 Å². The van der Waals surface area contributed by atoms with Crippen molar-refractivity contribution in [2.75, 3.05) is 26.2 Å². The van der Waals surface area contributed by atoms with E-state index in [1.807, 2.05) is 0 Å². The van der Waals surface area contributed by atoms with Gasteiger partial charge in [0.05, 0.1) is 0 Å². The number of piperidine rings is 2. The van der Waals surface area contributed by atoms with Crippen LogP contribution in [0.4, 0.5) is 4.79 Å². The Balaban J connectivity index is 1.73. The van der Waals surface area contributed by atoms with Gasteiger partial charge in [0.2, 0.25) is 11.8 Å². The monoisotopic (exact) mass is 354 g/mol. The molecule has 0 aromatic rings. The molecule has 2 rings (SSSR count). The Morgan fingerprint density at radius 3 is 1.76 bits per heavy atom. The number of carbonyl (C=O) groups is 3. The van der Waals surface area contributed by atoms with Gasteiger partial charge in [0.15, 0.2) is 0 Å². The maximum atomic E-state index is 12.2. The molecule has 2 aliphatic rings. The van der Waals surface area contributed by atoms with Gasteiger partial charge in [0.25, 0.3) is 0 Å². The lowest BCUT2D eigenvalue weighted by Gasteiger charge is -2.42. The molecule has 142 valence electrons. The summed E-state index contributed by atoms with van der Waals surface area (Å²) >= 11 is 0. The second kappa shape index (κ2) is 8.14. The van der Waals surface area contributed by atoms with E-state index in [2.05, 4.69) is 15.3 Å². The predicted molar refractivity (Wildman–Crippen MR) is 92.2 cm³/mol. The third kappa shape index (κ3) is 5.97. The van der Waals surface area contributed by atoms with Crippen molar-refractivity contribution in [1.29, 1.82) is 0 Å². The number of nitrogens with one attached hydrogen (secondary N) is 1. The summed E-state index contributed by atoms with van der Waals surface area (Å²) in [5.41, 5.74) is 4.75. The average Bonchev–Trinajstić information content (AvgIpc) is 2.53. The van der Waals surface area contributed by atoms with E-state index in [1.54, 1.807) is 20.8 Å². The molecule has 0 bridgehead atoms. The fourth-order valence-corrected chi connectivity index (χ4v) is 3.35. The first kappa shape index (κ1) is 19.7. The molecule has 8 nitrogen and oxygen atoms in total. The highest BCUT2D eigenvalue weighted by molar-refractivity contribution is 5.93. The van der Waals surface area contributed by atoms with Crippen LogP contribution < -0.4 is 11.1 Å². The molecule has 0 aromatic carbocycles. The van der Waals surface area contributed by atoms with E-state index in [9.17, 15) is 14.4 Å². The largest absolute Gasteiger partial charge is 0.444 e. The van der Waals surface area contributed by atoms with E-state index in [4.69, 9.17) is 10.5 Å². The van der Waals surface area contributed by atoms with Gasteiger partial charge >= 0.3 is 6.09 Å². The maximum Gasteiger partial charge on any atom is 0.414 e. The Kier molecular flexibility index (Phi) is 6.40. The van der Waals surface area contributed by atoms with Gasteiger partial charge in [0.1, 0.15) is 5.60 Å². The van der Waals surface area contributed by atoms with Crippen molar-refractivity contribution in [2.24, 2.45) is 17.6 Å². The molecule has 0 atom stereocenters. The molecule has 2 fully saturated rings. The van der Waals surface area contributed by atoms with E-state index in [1.165, 1.54) is 0 Å². The Morgan fingerprint density at radius 1 is 0.920 bits per heavy atom. The number of imide groups is 1. The fraction of sp³-hybridized carbons (Fsp3) is 0.824. The molecule has 0 spiro atoms. The van der Waals surface area contributed by atoms with Crippen molar-refractivity contribution in [3.8, 4) is 0 Å². The van der Waals surface area contributed by atoms with Gasteiger partial charge in [-0.25, -0.2) is 14.8 Å². The predicted octanol–water partition coefficient (Wildman–Crippen LogP) is 0.862. The number of nitrogens with zero attached hydrogens (tertiary/aromatic N) is 2. The lowest BCUT2D eigenvalue weighted by atomic mass is 9.95. The van der Waals surface area contributed by atoms with E-state index < -0.39 is 11.7 Å². The van der Waals surface area contributed by atoms with Crippen molar-refractivity contribution < 1.29 is 19.1 Å². The van der Waals surface area contributed by atoms with Crippen LogP contribution in [-0.4, -0.2) is 59.7 Å². The van der Waals surface area contributed by atoms with Gasteiger partial charge in [-0.3, -0.25) is 14.9 Å². The summed E-state index contributed by atoms with van der Waals surface area (Å²) < 4.78 is 5.12. The van der Waals surface area contributed by atoms with Crippen LogP contribution in [0.25, 0.3) is 0 Å². The summed E-state index contributed by atoms with van der Waals surface area (Å²) in [7, 11) is 0. The van der Waals surface area contributed by atoms with Crippen LogP contribution in [0.15, 0.2) is 0 Å². The molecule has 2 saturated heterocycles. The van der Waals surface area contributed by atoms with Crippen molar-refractivity contribution >= 4 is 17.9 Å². The number of hydrazine groups is 1. The lowest BCUT2D eigenvalue weighted by Crippen LogP contribution is -2.52. The second-order valence-electron chi connectivity index (χ2n) is 7.85. The highest BCUT2D eigenvalue weighted by atomic mass is 16.6. The molecule has 8 heteroatoms. The minimum absolute atomic E-state index is 0.0200. The summed E-state index contributed by atoms with van der Waals surface area (Å²) in [6.45, 7) is 8.47. The van der Waals surface area contributed by atoms with Gasteiger partial charge in [0, 0.05) is 38.0 Å². The first-order valence-corrected chi connectivity index (χ1v) is 8.98. The molecule has 0 unspecified atom stereocenters. The summed E-state index contributed by atoms with van der Waals surface area (Å²) in [5.74, 6) is -0.668. The number of primary amides is 1. The van der Waals surface area contributed by atoms with E-state index in [0.717, 1.165) is 39.0 Å². The summed E-state index contributed by atoms with van der Waals surface area (Å²) in [6, 6.07) is 0. The van der Waals surface area contributed by atoms with Crippen molar-refractivity contribution in [3.05, 3.63) is 0 Å². The minimum Gasteiger partial charge on any atom is -0.444 e. The topological polar surface area (TPSA) is 105 Å². The molecule has 25 heavy (non-hydrogen) atoms. The smallest absolute Gasteiger partial charge is 0.414 e. The number of rotatable bonds is 3. The van der Waals surface area contributed by atoms with Crippen LogP contribution in [0.5, 0.6) is 0 Å². The third-order valence-electron chi connectivity index (χ3n) is 4.74. The van der Waals surface area contributed by atoms with Crippen LogP contribution in [0.2, 0.25) is 0 Å². The number of alkyl carbamates (subject to hydrolysis) is 1. The first-order valence-electron chi connectivity index (χ1n) is 8.98. The molecule has 2 heterocycles. The Morgan fingerprint density at radius 2 is 1.36 bits per heavy atom. The first-order chi connectivity index (χ1) is 11.7. The maximum absolute atomic E-state index is 12.2. The number of ether oxygens (including phenoxy) is 1. The average molecular weight is 354 g/mol. The molecule has 2 aliphatic heterocycles. The fourth-order valence-electron chi connectivity index (χ4n) is 3.35. The standard InChI is InChI=1S/C17H30N4O4/c1-17(2,3)25-16(24)19-15(23)13-6-10-21(11-7-13)20-8-4-12(5-9-20)14(18)22/h12-13H,4-11H2,1-3H3,(H2,18,22)(H,19,23,24). The van der Waals surface area contributed by atoms with Crippen LogP contribution >= 0.6 is 0 Å². The molecule has 0 radical (unpaired) electrons. The molecule has 0 saturated carbocycles. The van der Waals surface area contributed by atoms with Gasteiger partial charge in [-0.1, -0.05) is 0 Å². The molecular formula is C17H30N4O4. The Hall–Kier alpha value is -1.67. The SMILES string of the molecule is CC(C)(C)OC(=O)NC(=O)C1CCN(N2CCC(C(N)=O)CC2)CC1. The number of carbonyl (C=O) groups excluding carboxylic acids is 3. The molecule has 3 N–H and O–H groups in total. The zero-order valence-electron chi connectivity index (χ0n) is 15.4. The molecular weight excluding hydrogens is 324 g/mol. The number of hydrogen-bond acceptors (Lipinski definition) is 6. The summed E-state index contributed by atoms with van der Waals surface area (Å²) in [4.78, 5) is 35.1. The summed E-state index contributed by atoms with van der Waals surface area (Å²) in [6.07, 6.45) is 2.28. The zero-order valence-corrected chi connectivity index (χ0v) is 15.4. The molecule has 0 aliphatic carbocycles. The molecule has 0 aromatic heterocycles. The van der Waals surface area contributed by atoms with Crippen LogP contribution in [0, 0.1) is 11.8 Å². The van der Waals surface area contributed by atoms with Gasteiger partial charge in [-0.05, 0) is 46.5 Å².